The van der Waals surface area contributed by atoms with Crippen LogP contribution >= 0.6 is 0 Å². The Morgan fingerprint density at radius 2 is 2.00 bits per heavy atom. The highest BCUT2D eigenvalue weighted by Gasteiger charge is 2.24. The molecular formula is C8H15NOS. The van der Waals surface area contributed by atoms with E-state index >= 15 is 0 Å². The van der Waals surface area contributed by atoms with Gasteiger partial charge in [-0.05, 0) is 27.7 Å². The van der Waals surface area contributed by atoms with Gasteiger partial charge in [-0.15, -0.1) is 0 Å². The molecule has 0 radical (unpaired) electrons. The molecule has 0 amide bonds. The van der Waals surface area contributed by atoms with E-state index in [1.165, 1.54) is 0 Å². The Labute approximate surface area is 71.1 Å². The predicted molar refractivity (Wildman–Crippen MR) is 47.6 cm³/mol. The Balaban J connectivity index is 4.17. The van der Waals surface area contributed by atoms with Gasteiger partial charge in [0.15, 0.2) is 0 Å². The van der Waals surface area contributed by atoms with E-state index in [1.807, 2.05) is 33.8 Å². The summed E-state index contributed by atoms with van der Waals surface area (Å²) in [6, 6.07) is 2.03. The first kappa shape index (κ1) is 10.6. The topological polar surface area (TPSA) is 40.9 Å². The number of nitrogens with zero attached hydrogens (tertiary/aromatic N) is 1. The normalized spacial score (nSPS) is 17.0. The molecule has 2 atom stereocenters. The quantitative estimate of drug-likeness (QED) is 0.639. The molecule has 0 rings (SSSR count). The standard InChI is InChI=1S/C8H15NOS/c1-7(5-6-9)11(10)8(2,3)4/h7H,5H2,1-4H3. The summed E-state index contributed by atoms with van der Waals surface area (Å²) in [5.74, 6) is 0. The fourth-order valence-corrected chi connectivity index (χ4v) is 2.24. The molecule has 0 fully saturated rings. The van der Waals surface area contributed by atoms with Gasteiger partial charge < -0.3 is 0 Å². The van der Waals surface area contributed by atoms with Crippen LogP contribution in [0.4, 0.5) is 0 Å². The van der Waals surface area contributed by atoms with Crippen LogP contribution in [-0.2, 0) is 10.8 Å². The Bertz CT molecular complexity index is 187. The van der Waals surface area contributed by atoms with Crippen LogP contribution in [0.2, 0.25) is 0 Å². The molecule has 3 heteroatoms. The Kier molecular flexibility index (Phi) is 3.74. The summed E-state index contributed by atoms with van der Waals surface area (Å²) in [5.41, 5.74) is 0. The van der Waals surface area contributed by atoms with Crippen molar-refractivity contribution >= 4 is 10.8 Å². The molecule has 0 aromatic heterocycles. The molecule has 64 valence electrons. The van der Waals surface area contributed by atoms with E-state index in [0.29, 0.717) is 6.42 Å². The third-order valence-corrected chi connectivity index (χ3v) is 3.45. The van der Waals surface area contributed by atoms with Gasteiger partial charge in [0.1, 0.15) is 0 Å². The molecular weight excluding hydrogens is 158 g/mol. The van der Waals surface area contributed by atoms with Crippen LogP contribution in [0.1, 0.15) is 34.1 Å². The van der Waals surface area contributed by atoms with Crippen LogP contribution in [0.25, 0.3) is 0 Å². The monoisotopic (exact) mass is 173 g/mol. The first-order valence-electron chi connectivity index (χ1n) is 3.67. The Morgan fingerprint density at radius 3 is 2.27 bits per heavy atom. The van der Waals surface area contributed by atoms with Gasteiger partial charge in [-0.1, -0.05) is 0 Å². The van der Waals surface area contributed by atoms with Gasteiger partial charge in [-0.25, -0.2) is 0 Å². The molecule has 0 aliphatic carbocycles. The molecule has 0 aliphatic rings. The summed E-state index contributed by atoms with van der Waals surface area (Å²) in [7, 11) is -0.904. The molecule has 0 aromatic carbocycles. The second-order valence-electron chi connectivity index (χ2n) is 3.58. The lowest BCUT2D eigenvalue weighted by molar-refractivity contribution is 0.637. The van der Waals surface area contributed by atoms with E-state index in [-0.39, 0.29) is 10.00 Å². The molecule has 0 saturated carbocycles. The van der Waals surface area contributed by atoms with Crippen molar-refractivity contribution in [2.45, 2.75) is 44.1 Å². The van der Waals surface area contributed by atoms with Gasteiger partial charge in [0.05, 0.1) is 6.07 Å². The summed E-state index contributed by atoms with van der Waals surface area (Å²) in [5, 5.41) is 8.35. The molecule has 0 spiro atoms. The van der Waals surface area contributed by atoms with Crippen molar-refractivity contribution in [3.8, 4) is 6.07 Å². The molecule has 0 heterocycles. The lowest BCUT2D eigenvalue weighted by atomic mass is 10.3. The zero-order chi connectivity index (χ0) is 9.07. The molecule has 2 nitrogen and oxygen atoms in total. The maximum absolute atomic E-state index is 11.5. The minimum absolute atomic E-state index is 0.0139. The third kappa shape index (κ3) is 3.52. The van der Waals surface area contributed by atoms with Crippen molar-refractivity contribution in [2.24, 2.45) is 0 Å². The smallest absolute Gasteiger partial charge is 0.0634 e. The highest BCUT2D eigenvalue weighted by atomic mass is 32.2. The van der Waals surface area contributed by atoms with E-state index in [0.717, 1.165) is 0 Å². The molecule has 0 bridgehead atoms. The van der Waals surface area contributed by atoms with Crippen molar-refractivity contribution in [3.63, 3.8) is 0 Å². The minimum Gasteiger partial charge on any atom is -0.259 e. The average Bonchev–Trinajstić information content (AvgIpc) is 1.85. The highest BCUT2D eigenvalue weighted by molar-refractivity contribution is 7.87. The molecule has 0 aliphatic heterocycles. The van der Waals surface area contributed by atoms with Gasteiger partial charge in [-0.3, -0.25) is 4.21 Å². The fraction of sp³-hybridized carbons (Fsp3) is 0.875. The SMILES string of the molecule is CC(CC#N)S(=O)C(C)(C)C. The number of nitriles is 1. The largest absolute Gasteiger partial charge is 0.259 e. The van der Waals surface area contributed by atoms with Gasteiger partial charge in [0.2, 0.25) is 0 Å². The van der Waals surface area contributed by atoms with Gasteiger partial charge >= 0.3 is 0 Å². The summed E-state index contributed by atoms with van der Waals surface area (Å²) in [4.78, 5) is 0. The van der Waals surface area contributed by atoms with E-state index < -0.39 is 10.8 Å². The van der Waals surface area contributed by atoms with Crippen LogP contribution in [0.5, 0.6) is 0 Å². The maximum atomic E-state index is 11.5. The first-order valence-corrected chi connectivity index (χ1v) is 4.88. The highest BCUT2D eigenvalue weighted by Crippen LogP contribution is 2.17. The average molecular weight is 173 g/mol. The van der Waals surface area contributed by atoms with E-state index in [9.17, 15) is 4.21 Å². The second-order valence-corrected chi connectivity index (χ2v) is 6.21. The summed E-state index contributed by atoms with van der Waals surface area (Å²) < 4.78 is 11.3. The Morgan fingerprint density at radius 1 is 1.55 bits per heavy atom. The Hall–Kier alpha value is -0.360. The fourth-order valence-electron chi connectivity index (χ4n) is 0.808. The van der Waals surface area contributed by atoms with Crippen LogP contribution in [0.3, 0.4) is 0 Å². The van der Waals surface area contributed by atoms with Crippen LogP contribution < -0.4 is 0 Å². The van der Waals surface area contributed by atoms with Crippen LogP contribution in [-0.4, -0.2) is 14.2 Å². The molecule has 11 heavy (non-hydrogen) atoms. The molecule has 0 N–H and O–H groups in total. The van der Waals surface area contributed by atoms with Gasteiger partial charge in [0, 0.05) is 27.2 Å². The second kappa shape index (κ2) is 3.87. The van der Waals surface area contributed by atoms with Crippen molar-refractivity contribution in [1.82, 2.24) is 0 Å². The van der Waals surface area contributed by atoms with Crippen molar-refractivity contribution < 1.29 is 4.21 Å². The number of hydrogen-bond acceptors (Lipinski definition) is 2. The van der Waals surface area contributed by atoms with Crippen molar-refractivity contribution in [1.29, 1.82) is 5.26 Å². The molecule has 2 unspecified atom stereocenters. The van der Waals surface area contributed by atoms with Crippen molar-refractivity contribution in [2.75, 3.05) is 0 Å². The summed E-state index contributed by atoms with van der Waals surface area (Å²) >= 11 is 0. The predicted octanol–water partition coefficient (Wildman–Crippen LogP) is 1.84. The van der Waals surface area contributed by atoms with Gasteiger partial charge in [-0.2, -0.15) is 5.26 Å². The molecule has 0 saturated heterocycles. The number of rotatable bonds is 2. The van der Waals surface area contributed by atoms with E-state index in [2.05, 4.69) is 0 Å². The zero-order valence-electron chi connectivity index (χ0n) is 7.55. The summed E-state index contributed by atoms with van der Waals surface area (Å²) in [6.45, 7) is 7.63. The van der Waals surface area contributed by atoms with Gasteiger partial charge in [0.25, 0.3) is 0 Å². The van der Waals surface area contributed by atoms with Crippen LogP contribution in [0.15, 0.2) is 0 Å². The van der Waals surface area contributed by atoms with E-state index in [4.69, 9.17) is 5.26 Å². The van der Waals surface area contributed by atoms with Crippen LogP contribution in [0, 0.1) is 11.3 Å². The zero-order valence-corrected chi connectivity index (χ0v) is 8.36. The number of hydrogen-bond donors (Lipinski definition) is 0. The minimum atomic E-state index is -0.904. The maximum Gasteiger partial charge on any atom is 0.0634 e. The van der Waals surface area contributed by atoms with E-state index in [1.54, 1.807) is 0 Å². The summed E-state index contributed by atoms with van der Waals surface area (Å²) in [6.07, 6.45) is 0.379. The lowest BCUT2D eigenvalue weighted by Crippen LogP contribution is -2.29. The molecule has 0 aromatic rings. The van der Waals surface area contributed by atoms with Crippen molar-refractivity contribution in [3.05, 3.63) is 0 Å². The third-order valence-electron chi connectivity index (χ3n) is 1.35. The lowest BCUT2D eigenvalue weighted by Gasteiger charge is -2.21. The first-order chi connectivity index (χ1) is 4.89.